The van der Waals surface area contributed by atoms with Crippen LogP contribution in [0.5, 0.6) is 0 Å². The molecular weight excluding hydrogens is 180 g/mol. The van der Waals surface area contributed by atoms with Gasteiger partial charge in [0.15, 0.2) is 0 Å². The van der Waals surface area contributed by atoms with Crippen LogP contribution >= 0.6 is 0 Å². The maximum absolute atomic E-state index is 10.4. The Morgan fingerprint density at radius 3 is 3.14 bits per heavy atom. The molecule has 0 fully saturated rings. The lowest BCUT2D eigenvalue weighted by Gasteiger charge is -2.19. The first-order chi connectivity index (χ1) is 6.79. The molecule has 0 saturated carbocycles. The number of hydrogen-bond acceptors (Lipinski definition) is 3. The number of allylic oxidation sites excluding steroid dienone is 1. The standard InChI is InChI=1S/C10H18N2O2/c11-10(13)5-3-6-12-8-9-4-1-2-7-14-9/h2,7,9,12H,1,3-6,8H2,(H2,11,13). The molecule has 0 aromatic carbocycles. The normalized spacial score (nSPS) is 20.4. The fourth-order valence-corrected chi connectivity index (χ4v) is 1.39. The van der Waals surface area contributed by atoms with Crippen LogP contribution in [0.3, 0.4) is 0 Å². The number of rotatable bonds is 6. The van der Waals surface area contributed by atoms with Crippen molar-refractivity contribution in [2.45, 2.75) is 31.8 Å². The predicted molar refractivity (Wildman–Crippen MR) is 54.5 cm³/mol. The molecule has 80 valence electrons. The topological polar surface area (TPSA) is 64.4 Å². The Morgan fingerprint density at radius 2 is 2.50 bits per heavy atom. The van der Waals surface area contributed by atoms with Crippen LogP contribution in [0.25, 0.3) is 0 Å². The van der Waals surface area contributed by atoms with Crippen molar-refractivity contribution in [2.75, 3.05) is 13.1 Å². The summed E-state index contributed by atoms with van der Waals surface area (Å²) >= 11 is 0. The van der Waals surface area contributed by atoms with Crippen molar-refractivity contribution in [2.24, 2.45) is 5.73 Å². The largest absolute Gasteiger partial charge is 0.497 e. The van der Waals surface area contributed by atoms with Crippen molar-refractivity contribution < 1.29 is 9.53 Å². The Hall–Kier alpha value is -1.03. The molecule has 4 heteroatoms. The van der Waals surface area contributed by atoms with E-state index >= 15 is 0 Å². The van der Waals surface area contributed by atoms with Gasteiger partial charge in [0.2, 0.25) is 5.91 Å². The maximum atomic E-state index is 10.4. The zero-order valence-electron chi connectivity index (χ0n) is 8.37. The van der Waals surface area contributed by atoms with Gasteiger partial charge in [-0.25, -0.2) is 0 Å². The summed E-state index contributed by atoms with van der Waals surface area (Å²) in [6.45, 7) is 1.68. The van der Waals surface area contributed by atoms with E-state index in [2.05, 4.69) is 5.32 Å². The van der Waals surface area contributed by atoms with Crippen molar-refractivity contribution in [3.05, 3.63) is 12.3 Å². The highest BCUT2D eigenvalue weighted by atomic mass is 16.5. The number of nitrogens with two attached hydrogens (primary N) is 1. The van der Waals surface area contributed by atoms with Crippen LogP contribution in [0.4, 0.5) is 0 Å². The van der Waals surface area contributed by atoms with E-state index < -0.39 is 0 Å². The second kappa shape index (κ2) is 6.43. The van der Waals surface area contributed by atoms with Gasteiger partial charge in [0, 0.05) is 13.0 Å². The second-order valence-corrected chi connectivity index (χ2v) is 3.48. The molecule has 0 aromatic rings. The third-order valence-corrected chi connectivity index (χ3v) is 2.17. The average molecular weight is 198 g/mol. The van der Waals surface area contributed by atoms with Gasteiger partial charge in [-0.2, -0.15) is 0 Å². The van der Waals surface area contributed by atoms with Crippen LogP contribution in [0.2, 0.25) is 0 Å². The first-order valence-electron chi connectivity index (χ1n) is 5.08. The van der Waals surface area contributed by atoms with Crippen molar-refractivity contribution in [3.63, 3.8) is 0 Å². The summed E-state index contributed by atoms with van der Waals surface area (Å²) in [5.41, 5.74) is 5.02. The lowest BCUT2D eigenvalue weighted by molar-refractivity contribution is -0.118. The summed E-state index contributed by atoms with van der Waals surface area (Å²) in [4.78, 5) is 10.4. The number of ether oxygens (including phenoxy) is 1. The van der Waals surface area contributed by atoms with Crippen LogP contribution in [0.15, 0.2) is 12.3 Å². The van der Waals surface area contributed by atoms with E-state index in [1.165, 1.54) is 0 Å². The first-order valence-corrected chi connectivity index (χ1v) is 5.08. The Bertz CT molecular complexity index is 204. The van der Waals surface area contributed by atoms with Crippen LogP contribution in [-0.4, -0.2) is 25.1 Å². The lowest BCUT2D eigenvalue weighted by atomic mass is 10.1. The highest BCUT2D eigenvalue weighted by Crippen LogP contribution is 2.08. The molecule has 1 amide bonds. The molecule has 0 spiro atoms. The van der Waals surface area contributed by atoms with Gasteiger partial charge in [-0.3, -0.25) is 4.79 Å². The molecule has 1 rings (SSSR count). The molecule has 1 aliphatic heterocycles. The van der Waals surface area contributed by atoms with Gasteiger partial charge in [-0.05, 0) is 31.9 Å². The summed E-state index contributed by atoms with van der Waals surface area (Å²) in [5.74, 6) is -0.233. The van der Waals surface area contributed by atoms with E-state index in [0.717, 1.165) is 32.4 Å². The van der Waals surface area contributed by atoms with Crippen LogP contribution in [-0.2, 0) is 9.53 Å². The van der Waals surface area contributed by atoms with Crippen LogP contribution in [0, 0.1) is 0 Å². The fourth-order valence-electron chi connectivity index (χ4n) is 1.39. The third-order valence-electron chi connectivity index (χ3n) is 2.17. The molecule has 3 N–H and O–H groups in total. The Morgan fingerprint density at radius 1 is 1.64 bits per heavy atom. The summed E-state index contributed by atoms with van der Waals surface area (Å²) in [6, 6.07) is 0. The van der Waals surface area contributed by atoms with Gasteiger partial charge in [0.25, 0.3) is 0 Å². The van der Waals surface area contributed by atoms with E-state index in [9.17, 15) is 4.79 Å². The molecular formula is C10H18N2O2. The van der Waals surface area contributed by atoms with Gasteiger partial charge in [0.1, 0.15) is 6.10 Å². The van der Waals surface area contributed by atoms with E-state index in [-0.39, 0.29) is 12.0 Å². The number of amides is 1. The van der Waals surface area contributed by atoms with Gasteiger partial charge in [-0.1, -0.05) is 0 Å². The molecule has 1 heterocycles. The minimum Gasteiger partial charge on any atom is -0.497 e. The SMILES string of the molecule is NC(=O)CCCNCC1CCC=CO1. The first kappa shape index (κ1) is 11.0. The molecule has 1 unspecified atom stereocenters. The number of carbonyl (C=O) groups excluding carboxylic acids is 1. The monoisotopic (exact) mass is 198 g/mol. The summed E-state index contributed by atoms with van der Waals surface area (Å²) in [7, 11) is 0. The van der Waals surface area contributed by atoms with E-state index in [4.69, 9.17) is 10.5 Å². The highest BCUT2D eigenvalue weighted by Gasteiger charge is 2.09. The Balaban J connectivity index is 1.93. The molecule has 0 aromatic heterocycles. The van der Waals surface area contributed by atoms with Crippen molar-refractivity contribution in [1.29, 1.82) is 0 Å². The molecule has 1 atom stereocenters. The minimum atomic E-state index is -0.233. The number of hydrogen-bond donors (Lipinski definition) is 2. The van der Waals surface area contributed by atoms with Gasteiger partial charge in [0.05, 0.1) is 6.26 Å². The predicted octanol–water partition coefficient (Wildman–Crippen LogP) is 0.534. The van der Waals surface area contributed by atoms with E-state index in [1.54, 1.807) is 6.26 Å². The van der Waals surface area contributed by atoms with Crippen molar-refractivity contribution in [3.8, 4) is 0 Å². The molecule has 0 saturated heterocycles. The maximum Gasteiger partial charge on any atom is 0.217 e. The van der Waals surface area contributed by atoms with Crippen molar-refractivity contribution >= 4 is 5.91 Å². The van der Waals surface area contributed by atoms with E-state index in [0.29, 0.717) is 6.42 Å². The molecule has 0 radical (unpaired) electrons. The van der Waals surface area contributed by atoms with Gasteiger partial charge in [-0.15, -0.1) is 0 Å². The molecule has 0 bridgehead atoms. The summed E-state index contributed by atoms with van der Waals surface area (Å²) in [5, 5.41) is 3.24. The Labute approximate surface area is 84.5 Å². The lowest BCUT2D eigenvalue weighted by Crippen LogP contribution is -2.30. The fraction of sp³-hybridized carbons (Fsp3) is 0.700. The van der Waals surface area contributed by atoms with Crippen LogP contribution < -0.4 is 11.1 Å². The average Bonchev–Trinajstić information content (AvgIpc) is 2.18. The zero-order chi connectivity index (χ0) is 10.2. The zero-order valence-corrected chi connectivity index (χ0v) is 8.37. The minimum absolute atomic E-state index is 0.233. The number of nitrogens with one attached hydrogen (secondary N) is 1. The van der Waals surface area contributed by atoms with Crippen molar-refractivity contribution in [1.82, 2.24) is 5.32 Å². The molecule has 4 nitrogen and oxygen atoms in total. The smallest absolute Gasteiger partial charge is 0.217 e. The molecule has 1 aliphatic rings. The number of carbonyl (C=O) groups is 1. The van der Waals surface area contributed by atoms with Gasteiger partial charge >= 0.3 is 0 Å². The van der Waals surface area contributed by atoms with E-state index in [1.807, 2.05) is 6.08 Å². The summed E-state index contributed by atoms with van der Waals surface area (Å²) < 4.78 is 5.37. The molecule has 0 aliphatic carbocycles. The molecule has 14 heavy (non-hydrogen) atoms. The van der Waals surface area contributed by atoms with Gasteiger partial charge < -0.3 is 15.8 Å². The Kier molecular flexibility index (Phi) is 5.07. The van der Waals surface area contributed by atoms with Crippen LogP contribution in [0.1, 0.15) is 25.7 Å². The number of primary amides is 1. The quantitative estimate of drug-likeness (QED) is 0.612. The third kappa shape index (κ3) is 4.87. The second-order valence-electron chi connectivity index (χ2n) is 3.48. The summed E-state index contributed by atoms with van der Waals surface area (Å²) in [6.07, 6.45) is 7.50. The highest BCUT2D eigenvalue weighted by molar-refractivity contribution is 5.73.